The minimum atomic E-state index is -0.371. The molecule has 2 aromatic rings. The molecule has 31 heavy (non-hydrogen) atoms. The maximum atomic E-state index is 13.3. The van der Waals surface area contributed by atoms with Gasteiger partial charge in [0.2, 0.25) is 5.91 Å². The Morgan fingerprint density at radius 2 is 2.00 bits per heavy atom. The highest BCUT2D eigenvalue weighted by atomic mass is 79.9. The van der Waals surface area contributed by atoms with E-state index in [2.05, 4.69) is 59.8 Å². The summed E-state index contributed by atoms with van der Waals surface area (Å²) >= 11 is 3.72. The van der Waals surface area contributed by atoms with Gasteiger partial charge in [-0.05, 0) is 72.3 Å². The van der Waals surface area contributed by atoms with Gasteiger partial charge in [0.15, 0.2) is 5.82 Å². The van der Waals surface area contributed by atoms with Crippen molar-refractivity contribution in [2.24, 2.45) is 0 Å². The number of aromatic nitrogens is 1. The smallest absolute Gasteiger partial charge is 0.247 e. The third-order valence-electron chi connectivity index (χ3n) is 5.78. The van der Waals surface area contributed by atoms with Crippen LogP contribution in [0.25, 0.3) is 0 Å². The van der Waals surface area contributed by atoms with E-state index in [4.69, 9.17) is 4.98 Å². The molecule has 2 heterocycles. The van der Waals surface area contributed by atoms with Crippen molar-refractivity contribution >= 4 is 44.7 Å². The monoisotopic (exact) mass is 490 g/mol. The molecule has 0 saturated carbocycles. The van der Waals surface area contributed by atoms with Crippen molar-refractivity contribution in [2.75, 3.05) is 48.1 Å². The van der Waals surface area contributed by atoms with Crippen LogP contribution >= 0.6 is 15.9 Å². The van der Waals surface area contributed by atoms with Gasteiger partial charge in [-0.1, -0.05) is 19.9 Å². The number of alkyl halides is 1. The van der Waals surface area contributed by atoms with E-state index in [0.29, 0.717) is 25.3 Å². The normalized spacial score (nSPS) is 13.7. The molecule has 1 amide bonds. The lowest BCUT2D eigenvalue weighted by atomic mass is 10.0. The third kappa shape index (κ3) is 4.86. The zero-order chi connectivity index (χ0) is 22.7. The number of aryl methyl sites for hydroxylation is 1. The molecule has 1 aromatic carbocycles. The van der Waals surface area contributed by atoms with E-state index in [9.17, 15) is 9.18 Å². The van der Waals surface area contributed by atoms with Gasteiger partial charge in [-0.3, -0.25) is 9.18 Å². The zero-order valence-electron chi connectivity index (χ0n) is 19.1. The summed E-state index contributed by atoms with van der Waals surface area (Å²) in [5.41, 5.74) is 4.83. The Kier molecular flexibility index (Phi) is 7.57. The summed E-state index contributed by atoms with van der Waals surface area (Å²) in [6, 6.07) is 8.31. The first-order chi connectivity index (χ1) is 14.8. The minimum absolute atomic E-state index is 0.00241. The molecule has 0 unspecified atom stereocenters. The Labute approximate surface area is 193 Å². The summed E-state index contributed by atoms with van der Waals surface area (Å²) in [5.74, 6) is 1.19. The first-order valence-electron chi connectivity index (χ1n) is 10.9. The van der Waals surface area contributed by atoms with Gasteiger partial charge in [0.1, 0.15) is 12.2 Å². The SMILES string of the molecule is CCN(C)c1cc(C)nc2c1N(CCCCF)C(=O)CN2c1ccc(C(C)C)cc1Br. The Bertz CT molecular complexity index is 949. The summed E-state index contributed by atoms with van der Waals surface area (Å²) in [6.45, 7) is 9.51. The van der Waals surface area contributed by atoms with Crippen molar-refractivity contribution in [1.29, 1.82) is 0 Å². The number of fused-ring (bicyclic) bond motifs is 1. The minimum Gasteiger partial charge on any atom is -0.373 e. The molecule has 0 N–H and O–H groups in total. The van der Waals surface area contributed by atoms with E-state index < -0.39 is 0 Å². The first-order valence-corrected chi connectivity index (χ1v) is 11.7. The van der Waals surface area contributed by atoms with Crippen molar-refractivity contribution in [2.45, 2.75) is 46.5 Å². The number of benzene rings is 1. The van der Waals surface area contributed by atoms with Crippen LogP contribution in [0.5, 0.6) is 0 Å². The van der Waals surface area contributed by atoms with Crippen LogP contribution in [0.15, 0.2) is 28.7 Å². The number of amides is 1. The molecule has 0 bridgehead atoms. The average molecular weight is 491 g/mol. The molecule has 1 aliphatic rings. The number of halogens is 2. The Morgan fingerprint density at radius 3 is 2.61 bits per heavy atom. The quantitative estimate of drug-likeness (QED) is 0.427. The van der Waals surface area contributed by atoms with Gasteiger partial charge in [0.25, 0.3) is 0 Å². The Hall–Kier alpha value is -2.15. The van der Waals surface area contributed by atoms with Crippen LogP contribution in [-0.4, -0.2) is 44.2 Å². The number of pyridine rings is 1. The van der Waals surface area contributed by atoms with E-state index in [1.54, 1.807) is 4.90 Å². The van der Waals surface area contributed by atoms with E-state index in [1.807, 2.05) is 24.9 Å². The number of hydrogen-bond acceptors (Lipinski definition) is 4. The second-order valence-electron chi connectivity index (χ2n) is 8.36. The molecule has 1 aliphatic heterocycles. The molecule has 0 atom stereocenters. The third-order valence-corrected chi connectivity index (χ3v) is 6.42. The molecule has 0 aliphatic carbocycles. The highest BCUT2D eigenvalue weighted by Gasteiger charge is 2.35. The highest BCUT2D eigenvalue weighted by Crippen LogP contribution is 2.45. The van der Waals surface area contributed by atoms with Gasteiger partial charge < -0.3 is 14.7 Å². The fourth-order valence-electron chi connectivity index (χ4n) is 3.86. The fourth-order valence-corrected chi connectivity index (χ4v) is 4.47. The molecule has 3 rings (SSSR count). The first kappa shape index (κ1) is 23.5. The van der Waals surface area contributed by atoms with Crippen LogP contribution in [0.2, 0.25) is 0 Å². The molecular weight excluding hydrogens is 459 g/mol. The second kappa shape index (κ2) is 9.98. The summed E-state index contributed by atoms with van der Waals surface area (Å²) < 4.78 is 13.7. The summed E-state index contributed by atoms with van der Waals surface area (Å²) in [5, 5.41) is 0. The summed E-state index contributed by atoms with van der Waals surface area (Å²) in [6.07, 6.45) is 1.07. The van der Waals surface area contributed by atoms with Crippen molar-refractivity contribution in [1.82, 2.24) is 4.98 Å². The van der Waals surface area contributed by atoms with Crippen molar-refractivity contribution in [3.63, 3.8) is 0 Å². The zero-order valence-corrected chi connectivity index (χ0v) is 20.7. The topological polar surface area (TPSA) is 39.7 Å². The summed E-state index contributed by atoms with van der Waals surface area (Å²) in [4.78, 5) is 24.1. The number of nitrogens with zero attached hydrogens (tertiary/aromatic N) is 4. The second-order valence-corrected chi connectivity index (χ2v) is 9.22. The maximum Gasteiger partial charge on any atom is 0.247 e. The number of unbranched alkanes of at least 4 members (excludes halogenated alkanes) is 1. The molecule has 0 radical (unpaired) electrons. The molecular formula is C24H32BrFN4O. The lowest BCUT2D eigenvalue weighted by Gasteiger charge is -2.39. The average Bonchev–Trinajstić information content (AvgIpc) is 2.74. The van der Waals surface area contributed by atoms with Crippen LogP contribution in [0.3, 0.4) is 0 Å². The molecule has 5 nitrogen and oxygen atoms in total. The molecule has 0 saturated heterocycles. The number of carbonyl (C=O) groups excluding carboxylic acids is 1. The predicted octanol–water partition coefficient (Wildman–Crippen LogP) is 5.97. The van der Waals surface area contributed by atoms with E-state index in [1.165, 1.54) is 5.56 Å². The van der Waals surface area contributed by atoms with Crippen LogP contribution < -0.4 is 14.7 Å². The van der Waals surface area contributed by atoms with Crippen LogP contribution in [0.1, 0.15) is 50.8 Å². The van der Waals surface area contributed by atoms with E-state index in [0.717, 1.165) is 39.6 Å². The molecule has 7 heteroatoms. The van der Waals surface area contributed by atoms with Crippen molar-refractivity contribution in [3.8, 4) is 0 Å². The number of carbonyl (C=O) groups is 1. The molecule has 1 aromatic heterocycles. The van der Waals surface area contributed by atoms with Crippen LogP contribution in [-0.2, 0) is 4.79 Å². The van der Waals surface area contributed by atoms with E-state index in [-0.39, 0.29) is 19.1 Å². The lowest BCUT2D eigenvalue weighted by molar-refractivity contribution is -0.117. The molecule has 0 spiro atoms. The van der Waals surface area contributed by atoms with Gasteiger partial charge >= 0.3 is 0 Å². The molecule has 0 fully saturated rings. The highest BCUT2D eigenvalue weighted by molar-refractivity contribution is 9.10. The summed E-state index contributed by atoms with van der Waals surface area (Å²) in [7, 11) is 2.02. The Balaban J connectivity index is 2.16. The number of hydrogen-bond donors (Lipinski definition) is 0. The van der Waals surface area contributed by atoms with Crippen molar-refractivity contribution in [3.05, 3.63) is 40.0 Å². The number of rotatable bonds is 8. The van der Waals surface area contributed by atoms with Crippen LogP contribution in [0.4, 0.5) is 27.3 Å². The number of anilines is 4. The van der Waals surface area contributed by atoms with Gasteiger partial charge in [0.05, 0.1) is 18.0 Å². The van der Waals surface area contributed by atoms with Gasteiger partial charge in [-0.25, -0.2) is 4.98 Å². The molecule has 168 valence electrons. The van der Waals surface area contributed by atoms with Gasteiger partial charge in [-0.15, -0.1) is 0 Å². The van der Waals surface area contributed by atoms with Crippen LogP contribution in [0, 0.1) is 6.92 Å². The van der Waals surface area contributed by atoms with E-state index >= 15 is 0 Å². The standard InChI is InChI=1S/C24H32BrFN4O/c1-6-28(5)21-13-17(4)27-24-23(21)29(12-8-7-11-26)22(31)15-30(24)20-10-9-18(16(2)3)14-19(20)25/h9-10,13-14,16H,6-8,11-12,15H2,1-5H3. The van der Waals surface area contributed by atoms with Gasteiger partial charge in [-0.2, -0.15) is 0 Å². The lowest BCUT2D eigenvalue weighted by Crippen LogP contribution is -2.46. The van der Waals surface area contributed by atoms with Gasteiger partial charge in [0, 0.05) is 30.3 Å². The van der Waals surface area contributed by atoms with Crippen molar-refractivity contribution < 1.29 is 9.18 Å². The predicted molar refractivity (Wildman–Crippen MR) is 131 cm³/mol. The largest absolute Gasteiger partial charge is 0.373 e. The fraction of sp³-hybridized carbons (Fsp3) is 0.500. The Morgan fingerprint density at radius 1 is 1.26 bits per heavy atom. The maximum absolute atomic E-state index is 13.3.